The van der Waals surface area contributed by atoms with Crippen LogP contribution in [-0.4, -0.2) is 11.9 Å². The van der Waals surface area contributed by atoms with Gasteiger partial charge >= 0.3 is 0 Å². The van der Waals surface area contributed by atoms with Crippen molar-refractivity contribution in [1.82, 2.24) is 4.90 Å². The summed E-state index contributed by atoms with van der Waals surface area (Å²) in [5.74, 6) is 0. The smallest absolute Gasteiger partial charge is 0.0471 e. The molecule has 0 fully saturated rings. The molecule has 0 saturated heterocycles. The molecule has 2 aromatic rings. The first-order valence-corrected chi connectivity index (χ1v) is 7.27. The van der Waals surface area contributed by atoms with Gasteiger partial charge in [0, 0.05) is 29.4 Å². The first-order valence-electron chi connectivity index (χ1n) is 6.89. The molecule has 2 N–H and O–H groups in total. The predicted octanol–water partition coefficient (Wildman–Crippen LogP) is 4.12. The highest BCUT2D eigenvalue weighted by Crippen LogP contribution is 2.23. The van der Waals surface area contributed by atoms with E-state index in [1.165, 1.54) is 11.1 Å². The lowest BCUT2D eigenvalue weighted by atomic mass is 10.1. The Bertz CT molecular complexity index is 543. The Hall–Kier alpha value is -1.51. The highest BCUT2D eigenvalue weighted by atomic mass is 35.5. The molecule has 0 aliphatic rings. The molecule has 2 nitrogen and oxygen atoms in total. The second-order valence-corrected chi connectivity index (χ2v) is 5.56. The number of nitrogens with two attached hydrogens (primary N) is 1. The summed E-state index contributed by atoms with van der Waals surface area (Å²) < 4.78 is 0. The van der Waals surface area contributed by atoms with Crippen molar-refractivity contribution in [2.75, 3.05) is 12.8 Å². The number of halogens is 1. The van der Waals surface area contributed by atoms with E-state index in [9.17, 15) is 0 Å². The lowest BCUT2D eigenvalue weighted by molar-refractivity contribution is 0.319. The third-order valence-corrected chi connectivity index (χ3v) is 3.82. The molecule has 20 heavy (non-hydrogen) atoms. The van der Waals surface area contributed by atoms with E-state index in [4.69, 9.17) is 17.3 Å². The van der Waals surface area contributed by atoms with Gasteiger partial charge in [-0.2, -0.15) is 0 Å². The summed E-state index contributed by atoms with van der Waals surface area (Å²) in [5.41, 5.74) is 10.4. The molecular formula is C17H21ClN2. The van der Waals surface area contributed by atoms with Gasteiger partial charge in [0.2, 0.25) is 0 Å². The summed E-state index contributed by atoms with van der Waals surface area (Å²) in [6.07, 6.45) is 1.08. The minimum atomic E-state index is 0.734. The van der Waals surface area contributed by atoms with E-state index in [1.807, 2.05) is 18.2 Å². The van der Waals surface area contributed by atoms with Crippen LogP contribution in [-0.2, 0) is 19.5 Å². The Kier molecular flexibility index (Phi) is 5.05. The lowest BCUT2D eigenvalue weighted by Crippen LogP contribution is -2.18. The normalized spacial score (nSPS) is 11.0. The van der Waals surface area contributed by atoms with E-state index in [0.29, 0.717) is 0 Å². The standard InChI is InChI=1S/C17H21ClN2/c1-3-13-7-9-14(10-8-13)11-20(2)12-15-16(18)5-4-6-17(15)19/h4-10H,3,11-12,19H2,1-2H3. The Labute approximate surface area is 126 Å². The Balaban J connectivity index is 2.03. The Morgan fingerprint density at radius 1 is 1.00 bits per heavy atom. The van der Waals surface area contributed by atoms with Crippen LogP contribution in [0.1, 0.15) is 23.6 Å². The number of nitrogen functional groups attached to an aromatic ring is 1. The quantitative estimate of drug-likeness (QED) is 0.839. The molecule has 0 spiro atoms. The number of aryl methyl sites for hydroxylation is 1. The van der Waals surface area contributed by atoms with Crippen LogP contribution in [0.2, 0.25) is 5.02 Å². The van der Waals surface area contributed by atoms with Crippen molar-refractivity contribution < 1.29 is 0 Å². The number of benzene rings is 2. The molecule has 3 heteroatoms. The van der Waals surface area contributed by atoms with E-state index in [2.05, 4.69) is 43.1 Å². The molecule has 0 saturated carbocycles. The Morgan fingerprint density at radius 2 is 1.65 bits per heavy atom. The van der Waals surface area contributed by atoms with E-state index in [0.717, 1.165) is 35.8 Å². The third kappa shape index (κ3) is 3.75. The summed E-state index contributed by atoms with van der Waals surface area (Å²) in [6.45, 7) is 3.80. The zero-order chi connectivity index (χ0) is 14.5. The minimum Gasteiger partial charge on any atom is -0.398 e. The van der Waals surface area contributed by atoms with Gasteiger partial charge in [-0.05, 0) is 36.7 Å². The average molecular weight is 289 g/mol. The van der Waals surface area contributed by atoms with Crippen LogP contribution in [0.25, 0.3) is 0 Å². The van der Waals surface area contributed by atoms with E-state index in [-0.39, 0.29) is 0 Å². The molecule has 2 rings (SSSR count). The van der Waals surface area contributed by atoms with Gasteiger partial charge in [0.1, 0.15) is 0 Å². The molecular weight excluding hydrogens is 268 g/mol. The van der Waals surface area contributed by atoms with Crippen molar-refractivity contribution in [3.8, 4) is 0 Å². The summed E-state index contributed by atoms with van der Waals surface area (Å²) in [5, 5.41) is 0.734. The fourth-order valence-corrected chi connectivity index (χ4v) is 2.50. The zero-order valence-corrected chi connectivity index (χ0v) is 12.8. The van der Waals surface area contributed by atoms with Gasteiger partial charge in [0.05, 0.1) is 0 Å². The number of hydrogen-bond acceptors (Lipinski definition) is 2. The molecule has 0 aromatic heterocycles. The van der Waals surface area contributed by atoms with Gasteiger partial charge < -0.3 is 5.73 Å². The molecule has 0 bridgehead atoms. The largest absolute Gasteiger partial charge is 0.398 e. The van der Waals surface area contributed by atoms with Crippen molar-refractivity contribution in [2.45, 2.75) is 26.4 Å². The van der Waals surface area contributed by atoms with E-state index in [1.54, 1.807) is 0 Å². The summed E-state index contributed by atoms with van der Waals surface area (Å²) in [6, 6.07) is 14.4. The average Bonchev–Trinajstić information content (AvgIpc) is 2.44. The summed E-state index contributed by atoms with van der Waals surface area (Å²) in [7, 11) is 2.08. The highest BCUT2D eigenvalue weighted by Gasteiger charge is 2.08. The third-order valence-electron chi connectivity index (χ3n) is 3.47. The summed E-state index contributed by atoms with van der Waals surface area (Å²) >= 11 is 6.21. The van der Waals surface area contributed by atoms with Crippen LogP contribution in [0.3, 0.4) is 0 Å². The fraction of sp³-hybridized carbons (Fsp3) is 0.294. The maximum absolute atomic E-state index is 6.21. The topological polar surface area (TPSA) is 29.3 Å². The first-order chi connectivity index (χ1) is 9.60. The van der Waals surface area contributed by atoms with Gasteiger partial charge in [-0.25, -0.2) is 0 Å². The molecule has 106 valence electrons. The van der Waals surface area contributed by atoms with Crippen molar-refractivity contribution in [3.63, 3.8) is 0 Å². The number of hydrogen-bond donors (Lipinski definition) is 1. The van der Waals surface area contributed by atoms with Gasteiger partial charge in [0.15, 0.2) is 0 Å². The van der Waals surface area contributed by atoms with Crippen molar-refractivity contribution >= 4 is 17.3 Å². The SMILES string of the molecule is CCc1ccc(CN(C)Cc2c(N)cccc2Cl)cc1. The number of rotatable bonds is 5. The fourth-order valence-electron chi connectivity index (χ4n) is 2.26. The molecule has 2 aromatic carbocycles. The van der Waals surface area contributed by atoms with Crippen molar-refractivity contribution in [1.29, 1.82) is 0 Å². The molecule has 0 aliphatic heterocycles. The van der Waals surface area contributed by atoms with Crippen LogP contribution < -0.4 is 5.73 Å². The number of nitrogens with zero attached hydrogens (tertiary/aromatic N) is 1. The van der Waals surface area contributed by atoms with Crippen LogP contribution in [0.4, 0.5) is 5.69 Å². The van der Waals surface area contributed by atoms with Gasteiger partial charge in [0.25, 0.3) is 0 Å². The van der Waals surface area contributed by atoms with Gasteiger partial charge in [-0.15, -0.1) is 0 Å². The van der Waals surface area contributed by atoms with Gasteiger partial charge in [-0.3, -0.25) is 4.90 Å². The van der Waals surface area contributed by atoms with Crippen LogP contribution >= 0.6 is 11.6 Å². The van der Waals surface area contributed by atoms with Crippen LogP contribution in [0, 0.1) is 0 Å². The zero-order valence-electron chi connectivity index (χ0n) is 12.1. The molecule has 0 radical (unpaired) electrons. The number of anilines is 1. The van der Waals surface area contributed by atoms with Crippen LogP contribution in [0.15, 0.2) is 42.5 Å². The van der Waals surface area contributed by atoms with Crippen molar-refractivity contribution in [2.24, 2.45) is 0 Å². The molecule has 0 aliphatic carbocycles. The van der Waals surface area contributed by atoms with Gasteiger partial charge in [-0.1, -0.05) is 48.9 Å². The highest BCUT2D eigenvalue weighted by molar-refractivity contribution is 6.31. The maximum Gasteiger partial charge on any atom is 0.0471 e. The first kappa shape index (κ1) is 14.9. The van der Waals surface area contributed by atoms with E-state index < -0.39 is 0 Å². The Morgan fingerprint density at radius 3 is 2.25 bits per heavy atom. The summed E-state index contributed by atoms with van der Waals surface area (Å²) in [4.78, 5) is 2.22. The minimum absolute atomic E-state index is 0.734. The molecule has 0 atom stereocenters. The molecule has 0 unspecified atom stereocenters. The van der Waals surface area contributed by atoms with E-state index >= 15 is 0 Å². The predicted molar refractivity (Wildman–Crippen MR) is 86.9 cm³/mol. The molecule has 0 amide bonds. The molecule has 0 heterocycles. The van der Waals surface area contributed by atoms with Crippen molar-refractivity contribution in [3.05, 3.63) is 64.2 Å². The second kappa shape index (κ2) is 6.78. The maximum atomic E-state index is 6.21. The van der Waals surface area contributed by atoms with Crippen LogP contribution in [0.5, 0.6) is 0 Å². The monoisotopic (exact) mass is 288 g/mol. The second-order valence-electron chi connectivity index (χ2n) is 5.15. The lowest BCUT2D eigenvalue weighted by Gasteiger charge is -2.19.